The molecule has 0 aromatic rings. The van der Waals surface area contributed by atoms with E-state index < -0.39 is 0 Å². The van der Waals surface area contributed by atoms with Crippen LogP contribution in [-0.2, 0) is 14.3 Å². The molecule has 1 rings (SSSR count). The number of carbonyl (C=O) groups excluding carboxylic acids is 2. The molecule has 0 bridgehead atoms. The summed E-state index contributed by atoms with van der Waals surface area (Å²) < 4.78 is 4.74. The highest BCUT2D eigenvalue weighted by atomic mass is 16.5. The molecule has 1 aliphatic heterocycles. The minimum Gasteiger partial charge on any atom is -0.463 e. The molecule has 5 heteroatoms. The van der Waals surface area contributed by atoms with E-state index >= 15 is 0 Å². The van der Waals surface area contributed by atoms with Crippen LogP contribution in [0.25, 0.3) is 0 Å². The van der Waals surface area contributed by atoms with E-state index in [1.54, 1.807) is 13.0 Å². The van der Waals surface area contributed by atoms with Crippen molar-refractivity contribution in [3.05, 3.63) is 12.2 Å². The van der Waals surface area contributed by atoms with Gasteiger partial charge in [-0.3, -0.25) is 4.79 Å². The van der Waals surface area contributed by atoms with Gasteiger partial charge >= 0.3 is 5.97 Å². The lowest BCUT2D eigenvalue weighted by Crippen LogP contribution is -2.41. The van der Waals surface area contributed by atoms with Crippen LogP contribution in [0.4, 0.5) is 0 Å². The highest BCUT2D eigenvalue weighted by Crippen LogP contribution is 2.07. The van der Waals surface area contributed by atoms with Gasteiger partial charge in [0.05, 0.1) is 13.2 Å². The first kappa shape index (κ1) is 14.7. The number of carbonyl (C=O) groups is 2. The molecule has 102 valence electrons. The molecule has 1 fully saturated rings. The summed E-state index contributed by atoms with van der Waals surface area (Å²) in [4.78, 5) is 24.6. The number of likely N-dealkylation sites (tertiary alicyclic amines) is 1. The molecule has 18 heavy (non-hydrogen) atoms. The molecule has 5 nitrogen and oxygen atoms in total. The standard InChI is InChI=1S/C13H22N2O3/c1-2-18-13(17)7-6-8-14-11-12(16)15-9-4-3-5-10-15/h6-7,14H,2-5,8-11H2,1H3/b7-6+. The van der Waals surface area contributed by atoms with Crippen LogP contribution in [0.1, 0.15) is 26.2 Å². The maximum Gasteiger partial charge on any atom is 0.330 e. The zero-order valence-corrected chi connectivity index (χ0v) is 11.0. The molecule has 0 spiro atoms. The van der Waals surface area contributed by atoms with E-state index in [1.807, 2.05) is 4.90 Å². The van der Waals surface area contributed by atoms with Crippen LogP contribution < -0.4 is 5.32 Å². The number of esters is 1. The summed E-state index contributed by atoms with van der Waals surface area (Å²) in [6.45, 7) is 4.72. The van der Waals surface area contributed by atoms with Crippen molar-refractivity contribution in [2.24, 2.45) is 0 Å². The van der Waals surface area contributed by atoms with Gasteiger partial charge in [0.2, 0.25) is 5.91 Å². The third-order valence-corrected chi connectivity index (χ3v) is 2.79. The minimum atomic E-state index is -0.346. The molecule has 0 radical (unpaired) electrons. The predicted octanol–water partition coefficient (Wildman–Crippen LogP) is 0.708. The van der Waals surface area contributed by atoms with Crippen LogP contribution >= 0.6 is 0 Å². The van der Waals surface area contributed by atoms with Crippen molar-refractivity contribution < 1.29 is 14.3 Å². The van der Waals surface area contributed by atoms with E-state index in [0.717, 1.165) is 25.9 Å². The Morgan fingerprint density at radius 1 is 1.28 bits per heavy atom. The zero-order valence-electron chi connectivity index (χ0n) is 11.0. The Bertz CT molecular complexity index is 297. The molecule has 0 aromatic heterocycles. The Morgan fingerprint density at radius 3 is 2.67 bits per heavy atom. The molecule has 0 unspecified atom stereocenters. The van der Waals surface area contributed by atoms with Crippen molar-refractivity contribution in [3.63, 3.8) is 0 Å². The third kappa shape index (κ3) is 5.82. The number of nitrogens with one attached hydrogen (secondary N) is 1. The maximum absolute atomic E-state index is 11.7. The number of rotatable bonds is 6. The molecule has 0 atom stereocenters. The topological polar surface area (TPSA) is 58.6 Å². The fourth-order valence-corrected chi connectivity index (χ4v) is 1.86. The Balaban J connectivity index is 2.09. The minimum absolute atomic E-state index is 0.138. The molecule has 1 aliphatic rings. The van der Waals surface area contributed by atoms with Gasteiger partial charge < -0.3 is 15.0 Å². The van der Waals surface area contributed by atoms with Crippen LogP contribution in [0.5, 0.6) is 0 Å². The van der Waals surface area contributed by atoms with E-state index in [1.165, 1.54) is 12.5 Å². The number of amides is 1. The lowest BCUT2D eigenvalue weighted by molar-refractivity contribution is -0.137. The molecule has 0 aromatic carbocycles. The number of hydrogen-bond donors (Lipinski definition) is 1. The summed E-state index contributed by atoms with van der Waals surface area (Å²) in [5, 5.41) is 2.99. The van der Waals surface area contributed by atoms with Gasteiger partial charge in [-0.1, -0.05) is 6.08 Å². The van der Waals surface area contributed by atoms with Crippen molar-refractivity contribution in [1.29, 1.82) is 0 Å². The summed E-state index contributed by atoms with van der Waals surface area (Å²) in [6, 6.07) is 0. The fraction of sp³-hybridized carbons (Fsp3) is 0.692. The largest absolute Gasteiger partial charge is 0.463 e. The number of hydrogen-bond acceptors (Lipinski definition) is 4. The van der Waals surface area contributed by atoms with Gasteiger partial charge in [-0.15, -0.1) is 0 Å². The Labute approximate surface area is 108 Å². The van der Waals surface area contributed by atoms with Crippen LogP contribution in [0.2, 0.25) is 0 Å². The van der Waals surface area contributed by atoms with E-state index in [4.69, 9.17) is 4.74 Å². The lowest BCUT2D eigenvalue weighted by Gasteiger charge is -2.26. The average Bonchev–Trinajstić information content (AvgIpc) is 2.39. The summed E-state index contributed by atoms with van der Waals surface area (Å²) in [6.07, 6.45) is 6.48. The molecule has 0 saturated carbocycles. The smallest absolute Gasteiger partial charge is 0.330 e. The number of ether oxygens (including phenoxy) is 1. The van der Waals surface area contributed by atoms with Crippen molar-refractivity contribution in [1.82, 2.24) is 10.2 Å². The molecular weight excluding hydrogens is 232 g/mol. The van der Waals surface area contributed by atoms with E-state index in [0.29, 0.717) is 19.7 Å². The van der Waals surface area contributed by atoms with Gasteiger partial charge in [0, 0.05) is 25.7 Å². The van der Waals surface area contributed by atoms with Crippen LogP contribution in [0.15, 0.2) is 12.2 Å². The van der Waals surface area contributed by atoms with E-state index in [2.05, 4.69) is 5.32 Å². The normalized spacial score (nSPS) is 15.9. The van der Waals surface area contributed by atoms with Gasteiger partial charge in [-0.25, -0.2) is 4.79 Å². The first-order chi connectivity index (χ1) is 8.74. The Kier molecular flexibility index (Phi) is 7.10. The average molecular weight is 254 g/mol. The second-order valence-electron chi connectivity index (χ2n) is 4.23. The third-order valence-electron chi connectivity index (χ3n) is 2.79. The van der Waals surface area contributed by atoms with E-state index in [9.17, 15) is 9.59 Å². The van der Waals surface area contributed by atoms with Gasteiger partial charge in [-0.2, -0.15) is 0 Å². The quantitative estimate of drug-likeness (QED) is 0.431. The molecule has 1 N–H and O–H groups in total. The Morgan fingerprint density at radius 2 is 2.00 bits per heavy atom. The summed E-state index contributed by atoms with van der Waals surface area (Å²) in [5.74, 6) is -0.208. The van der Waals surface area contributed by atoms with Gasteiger partial charge in [-0.05, 0) is 26.2 Å². The number of nitrogens with zero attached hydrogens (tertiary/aromatic N) is 1. The van der Waals surface area contributed by atoms with Crippen molar-refractivity contribution in [2.75, 3.05) is 32.8 Å². The second kappa shape index (κ2) is 8.69. The highest BCUT2D eigenvalue weighted by Gasteiger charge is 2.15. The predicted molar refractivity (Wildman–Crippen MR) is 69.1 cm³/mol. The molecule has 1 saturated heterocycles. The van der Waals surface area contributed by atoms with Gasteiger partial charge in [0.1, 0.15) is 0 Å². The van der Waals surface area contributed by atoms with Crippen LogP contribution in [0, 0.1) is 0 Å². The summed E-state index contributed by atoms with van der Waals surface area (Å²) >= 11 is 0. The lowest BCUT2D eigenvalue weighted by atomic mass is 10.1. The van der Waals surface area contributed by atoms with E-state index in [-0.39, 0.29) is 11.9 Å². The highest BCUT2D eigenvalue weighted by molar-refractivity contribution is 5.82. The van der Waals surface area contributed by atoms with Gasteiger partial charge in [0.25, 0.3) is 0 Å². The van der Waals surface area contributed by atoms with Gasteiger partial charge in [0.15, 0.2) is 0 Å². The first-order valence-electron chi connectivity index (χ1n) is 6.56. The first-order valence-corrected chi connectivity index (χ1v) is 6.56. The molecular formula is C13H22N2O3. The fourth-order valence-electron chi connectivity index (χ4n) is 1.86. The van der Waals surface area contributed by atoms with Crippen molar-refractivity contribution >= 4 is 11.9 Å². The molecule has 1 amide bonds. The summed E-state index contributed by atoms with van der Waals surface area (Å²) in [7, 11) is 0. The summed E-state index contributed by atoms with van der Waals surface area (Å²) in [5.41, 5.74) is 0. The van der Waals surface area contributed by atoms with Crippen molar-refractivity contribution in [3.8, 4) is 0 Å². The monoisotopic (exact) mass is 254 g/mol. The van der Waals surface area contributed by atoms with Crippen LogP contribution in [-0.4, -0.2) is 49.6 Å². The second-order valence-corrected chi connectivity index (χ2v) is 4.23. The zero-order chi connectivity index (χ0) is 13.2. The molecule has 0 aliphatic carbocycles. The SMILES string of the molecule is CCOC(=O)/C=C/CNCC(=O)N1CCCCC1. The Hall–Kier alpha value is -1.36. The van der Waals surface area contributed by atoms with Crippen LogP contribution in [0.3, 0.4) is 0 Å². The number of piperidine rings is 1. The molecule has 1 heterocycles. The van der Waals surface area contributed by atoms with Crippen molar-refractivity contribution in [2.45, 2.75) is 26.2 Å². The maximum atomic E-state index is 11.7.